The second kappa shape index (κ2) is 6.27. The fourth-order valence-corrected chi connectivity index (χ4v) is 3.80. The number of nitrogens with one attached hydrogen (secondary N) is 1. The SMILES string of the molecule is CCCN1CCC(N[C@H]2CCCc3c2cnn3C)CC1. The minimum Gasteiger partial charge on any atom is -0.307 e. The van der Waals surface area contributed by atoms with E-state index in [9.17, 15) is 0 Å². The zero-order valence-electron chi connectivity index (χ0n) is 12.9. The quantitative estimate of drug-likeness (QED) is 0.916. The van der Waals surface area contributed by atoms with E-state index in [0.29, 0.717) is 12.1 Å². The van der Waals surface area contributed by atoms with E-state index in [1.807, 2.05) is 0 Å². The number of hydrogen-bond donors (Lipinski definition) is 1. The van der Waals surface area contributed by atoms with E-state index in [-0.39, 0.29) is 0 Å². The van der Waals surface area contributed by atoms with Gasteiger partial charge in [0, 0.05) is 30.4 Å². The van der Waals surface area contributed by atoms with E-state index >= 15 is 0 Å². The van der Waals surface area contributed by atoms with Crippen molar-refractivity contribution in [3.8, 4) is 0 Å². The van der Waals surface area contributed by atoms with E-state index in [1.165, 1.54) is 69.4 Å². The Kier molecular flexibility index (Phi) is 4.41. The number of piperidine rings is 1. The number of aryl methyl sites for hydroxylation is 1. The molecule has 1 N–H and O–H groups in total. The number of rotatable bonds is 4. The lowest BCUT2D eigenvalue weighted by Crippen LogP contribution is -2.44. The minimum atomic E-state index is 0.537. The predicted octanol–water partition coefficient (Wildman–Crippen LogP) is 2.26. The Morgan fingerprint density at radius 1 is 1.30 bits per heavy atom. The smallest absolute Gasteiger partial charge is 0.0540 e. The summed E-state index contributed by atoms with van der Waals surface area (Å²) in [6, 6.07) is 1.23. The number of fused-ring (bicyclic) bond motifs is 1. The second-order valence-electron chi connectivity index (χ2n) is 6.40. The Balaban J connectivity index is 1.57. The van der Waals surface area contributed by atoms with Crippen molar-refractivity contribution in [2.45, 2.75) is 57.5 Å². The maximum Gasteiger partial charge on any atom is 0.0540 e. The molecular formula is C16H28N4. The van der Waals surface area contributed by atoms with E-state index < -0.39 is 0 Å². The van der Waals surface area contributed by atoms with Gasteiger partial charge in [-0.05, 0) is 58.2 Å². The molecule has 1 aliphatic heterocycles. The first-order chi connectivity index (χ1) is 9.78. The first-order valence-corrected chi connectivity index (χ1v) is 8.27. The zero-order chi connectivity index (χ0) is 13.9. The molecule has 2 aliphatic rings. The lowest BCUT2D eigenvalue weighted by atomic mass is 9.91. The standard InChI is InChI=1S/C16H28N4/c1-3-9-20-10-7-13(8-11-20)18-15-5-4-6-16-14(15)12-17-19(16)2/h12-13,15,18H,3-11H2,1-2H3/t15-/m0/s1. The summed E-state index contributed by atoms with van der Waals surface area (Å²) >= 11 is 0. The van der Waals surface area contributed by atoms with Crippen LogP contribution in [-0.2, 0) is 13.5 Å². The van der Waals surface area contributed by atoms with Crippen LogP contribution in [0.3, 0.4) is 0 Å². The number of aromatic nitrogens is 2. The average molecular weight is 276 g/mol. The molecular weight excluding hydrogens is 248 g/mol. The van der Waals surface area contributed by atoms with Gasteiger partial charge < -0.3 is 10.2 Å². The average Bonchev–Trinajstić information content (AvgIpc) is 2.84. The summed E-state index contributed by atoms with van der Waals surface area (Å²) in [6.07, 6.45) is 9.71. The molecule has 0 aromatic carbocycles. The van der Waals surface area contributed by atoms with Gasteiger partial charge in [0.15, 0.2) is 0 Å². The Labute approximate surface area is 122 Å². The van der Waals surface area contributed by atoms with Crippen LogP contribution in [0.2, 0.25) is 0 Å². The first-order valence-electron chi connectivity index (χ1n) is 8.27. The van der Waals surface area contributed by atoms with Crippen molar-refractivity contribution in [2.24, 2.45) is 7.05 Å². The van der Waals surface area contributed by atoms with Crippen molar-refractivity contribution in [3.05, 3.63) is 17.5 Å². The highest BCUT2D eigenvalue weighted by Crippen LogP contribution is 2.30. The Morgan fingerprint density at radius 3 is 2.85 bits per heavy atom. The molecule has 0 unspecified atom stereocenters. The molecule has 20 heavy (non-hydrogen) atoms. The molecule has 1 aliphatic carbocycles. The van der Waals surface area contributed by atoms with Crippen LogP contribution < -0.4 is 5.32 Å². The van der Waals surface area contributed by atoms with Gasteiger partial charge in [-0.3, -0.25) is 4.68 Å². The van der Waals surface area contributed by atoms with E-state index in [1.54, 1.807) is 0 Å². The van der Waals surface area contributed by atoms with Gasteiger partial charge in [0.1, 0.15) is 0 Å². The van der Waals surface area contributed by atoms with Crippen LogP contribution in [0.25, 0.3) is 0 Å². The Bertz CT molecular complexity index is 432. The maximum absolute atomic E-state index is 4.45. The van der Waals surface area contributed by atoms with Crippen LogP contribution in [0, 0.1) is 0 Å². The molecule has 0 amide bonds. The third-order valence-corrected chi connectivity index (χ3v) is 4.94. The number of hydrogen-bond acceptors (Lipinski definition) is 3. The van der Waals surface area contributed by atoms with Crippen LogP contribution in [0.1, 0.15) is 56.3 Å². The van der Waals surface area contributed by atoms with Crippen LogP contribution in [0.15, 0.2) is 6.20 Å². The largest absolute Gasteiger partial charge is 0.307 e. The van der Waals surface area contributed by atoms with Crippen molar-refractivity contribution >= 4 is 0 Å². The summed E-state index contributed by atoms with van der Waals surface area (Å²) in [5.41, 5.74) is 2.90. The van der Waals surface area contributed by atoms with Crippen LogP contribution in [0.4, 0.5) is 0 Å². The number of likely N-dealkylation sites (tertiary alicyclic amines) is 1. The normalized spacial score (nSPS) is 24.8. The molecule has 1 saturated heterocycles. The number of nitrogens with zero attached hydrogens (tertiary/aromatic N) is 3. The van der Waals surface area contributed by atoms with Crippen molar-refractivity contribution in [1.82, 2.24) is 20.0 Å². The summed E-state index contributed by atoms with van der Waals surface area (Å²) in [7, 11) is 2.07. The molecule has 112 valence electrons. The van der Waals surface area contributed by atoms with Gasteiger partial charge in [0.2, 0.25) is 0 Å². The van der Waals surface area contributed by atoms with Gasteiger partial charge in [-0.25, -0.2) is 0 Å². The molecule has 4 nitrogen and oxygen atoms in total. The first kappa shape index (κ1) is 14.1. The highest BCUT2D eigenvalue weighted by molar-refractivity contribution is 5.24. The van der Waals surface area contributed by atoms with Crippen molar-refractivity contribution < 1.29 is 0 Å². The fourth-order valence-electron chi connectivity index (χ4n) is 3.80. The van der Waals surface area contributed by atoms with E-state index in [4.69, 9.17) is 0 Å². The topological polar surface area (TPSA) is 33.1 Å². The lowest BCUT2D eigenvalue weighted by molar-refractivity contribution is 0.188. The minimum absolute atomic E-state index is 0.537. The molecule has 0 saturated carbocycles. The molecule has 0 radical (unpaired) electrons. The molecule has 0 bridgehead atoms. The third kappa shape index (κ3) is 2.91. The van der Waals surface area contributed by atoms with Gasteiger partial charge in [0.05, 0.1) is 6.20 Å². The summed E-state index contributed by atoms with van der Waals surface area (Å²) in [4.78, 5) is 2.61. The van der Waals surface area contributed by atoms with Gasteiger partial charge in [0.25, 0.3) is 0 Å². The van der Waals surface area contributed by atoms with Crippen LogP contribution >= 0.6 is 0 Å². The van der Waals surface area contributed by atoms with Crippen molar-refractivity contribution in [2.75, 3.05) is 19.6 Å². The highest BCUT2D eigenvalue weighted by atomic mass is 15.3. The highest BCUT2D eigenvalue weighted by Gasteiger charge is 2.27. The van der Waals surface area contributed by atoms with Gasteiger partial charge in [-0.15, -0.1) is 0 Å². The zero-order valence-corrected chi connectivity index (χ0v) is 12.9. The third-order valence-electron chi connectivity index (χ3n) is 4.94. The Hall–Kier alpha value is -0.870. The molecule has 4 heteroatoms. The molecule has 3 rings (SSSR count). The lowest BCUT2D eigenvalue weighted by Gasteiger charge is -2.35. The Morgan fingerprint density at radius 2 is 2.10 bits per heavy atom. The van der Waals surface area contributed by atoms with Gasteiger partial charge in [-0.2, -0.15) is 5.10 Å². The molecule has 1 aromatic heterocycles. The summed E-state index contributed by atoms with van der Waals surface area (Å²) in [6.45, 7) is 6.06. The van der Waals surface area contributed by atoms with E-state index in [0.717, 1.165) is 0 Å². The summed E-state index contributed by atoms with van der Waals surface area (Å²) < 4.78 is 2.06. The maximum atomic E-state index is 4.45. The van der Waals surface area contributed by atoms with Gasteiger partial charge >= 0.3 is 0 Å². The molecule has 0 spiro atoms. The van der Waals surface area contributed by atoms with Gasteiger partial charge in [-0.1, -0.05) is 6.92 Å². The molecule has 1 atom stereocenters. The van der Waals surface area contributed by atoms with E-state index in [2.05, 4.69) is 40.2 Å². The van der Waals surface area contributed by atoms with Crippen molar-refractivity contribution in [3.63, 3.8) is 0 Å². The fraction of sp³-hybridized carbons (Fsp3) is 0.812. The molecule has 1 fully saturated rings. The monoisotopic (exact) mass is 276 g/mol. The van der Waals surface area contributed by atoms with Crippen LogP contribution in [-0.4, -0.2) is 40.4 Å². The predicted molar refractivity (Wildman–Crippen MR) is 81.8 cm³/mol. The molecule has 1 aromatic rings. The second-order valence-corrected chi connectivity index (χ2v) is 6.40. The summed E-state index contributed by atoms with van der Waals surface area (Å²) in [5, 5.41) is 8.36. The van der Waals surface area contributed by atoms with Crippen LogP contribution in [0.5, 0.6) is 0 Å². The summed E-state index contributed by atoms with van der Waals surface area (Å²) in [5.74, 6) is 0. The molecule has 2 heterocycles. The van der Waals surface area contributed by atoms with Crippen molar-refractivity contribution in [1.29, 1.82) is 0 Å².